The molecule has 31 heavy (non-hydrogen) atoms. The molecular formula is C23H23NO5S2. The fourth-order valence-electron chi connectivity index (χ4n) is 3.71. The van der Waals surface area contributed by atoms with E-state index in [1.54, 1.807) is 42.8 Å². The largest absolute Gasteiger partial charge is 0.493 e. The Morgan fingerprint density at radius 3 is 2.52 bits per heavy atom. The number of thiophene rings is 1. The zero-order valence-electron chi connectivity index (χ0n) is 17.4. The molecule has 162 valence electrons. The number of hydrogen-bond donors (Lipinski definition) is 1. The number of methoxy groups -OCH3 is 1. The molecule has 1 aromatic heterocycles. The van der Waals surface area contributed by atoms with Crippen LogP contribution in [0.1, 0.15) is 36.6 Å². The van der Waals surface area contributed by atoms with Gasteiger partial charge in [0.1, 0.15) is 4.90 Å². The van der Waals surface area contributed by atoms with E-state index in [1.807, 2.05) is 32.0 Å². The molecule has 8 heteroatoms. The van der Waals surface area contributed by atoms with Gasteiger partial charge in [0.25, 0.3) is 0 Å². The van der Waals surface area contributed by atoms with Gasteiger partial charge in [-0.2, -0.15) is 0 Å². The van der Waals surface area contributed by atoms with E-state index < -0.39 is 9.84 Å². The molecule has 0 radical (unpaired) electrons. The Bertz CT molecular complexity index is 1220. The van der Waals surface area contributed by atoms with Crippen LogP contribution in [-0.2, 0) is 14.6 Å². The maximum Gasteiger partial charge on any atom is 0.225 e. The van der Waals surface area contributed by atoms with Crippen LogP contribution in [0.5, 0.6) is 11.5 Å². The molecule has 0 bridgehead atoms. The van der Waals surface area contributed by atoms with Crippen molar-refractivity contribution in [2.24, 2.45) is 0 Å². The summed E-state index contributed by atoms with van der Waals surface area (Å²) < 4.78 is 38.0. The van der Waals surface area contributed by atoms with E-state index in [0.29, 0.717) is 17.2 Å². The van der Waals surface area contributed by atoms with Gasteiger partial charge in [0.2, 0.25) is 15.7 Å². The molecule has 0 spiro atoms. The number of nitrogens with one attached hydrogen (secondary N) is 1. The third-order valence-electron chi connectivity index (χ3n) is 5.06. The Morgan fingerprint density at radius 1 is 1.10 bits per heavy atom. The Hall–Kier alpha value is -2.84. The molecule has 6 nitrogen and oxygen atoms in total. The number of amides is 1. The monoisotopic (exact) mass is 457 g/mol. The second kappa shape index (κ2) is 8.36. The van der Waals surface area contributed by atoms with Gasteiger partial charge in [0.15, 0.2) is 11.5 Å². The van der Waals surface area contributed by atoms with Gasteiger partial charge in [0, 0.05) is 28.2 Å². The summed E-state index contributed by atoms with van der Waals surface area (Å²) in [4.78, 5) is 13.7. The number of rotatable bonds is 6. The van der Waals surface area contributed by atoms with Crippen LogP contribution in [0, 0.1) is 0 Å². The van der Waals surface area contributed by atoms with Gasteiger partial charge < -0.3 is 14.8 Å². The number of hydrogen-bond acceptors (Lipinski definition) is 6. The topological polar surface area (TPSA) is 81.7 Å². The van der Waals surface area contributed by atoms with Gasteiger partial charge >= 0.3 is 0 Å². The highest BCUT2D eigenvalue weighted by atomic mass is 32.2. The zero-order chi connectivity index (χ0) is 22.2. The fourth-order valence-corrected chi connectivity index (χ4v) is 6.63. The van der Waals surface area contributed by atoms with Crippen LogP contribution in [0.3, 0.4) is 0 Å². The van der Waals surface area contributed by atoms with Crippen molar-refractivity contribution in [3.8, 4) is 11.5 Å². The third-order valence-corrected chi connectivity index (χ3v) is 8.10. The van der Waals surface area contributed by atoms with E-state index in [0.717, 1.165) is 10.4 Å². The molecule has 0 saturated carbocycles. The lowest BCUT2D eigenvalue weighted by Gasteiger charge is -2.26. The molecule has 1 aliphatic rings. The Balaban J connectivity index is 1.86. The summed E-state index contributed by atoms with van der Waals surface area (Å²) in [6.45, 7) is 3.84. The van der Waals surface area contributed by atoms with E-state index >= 15 is 0 Å². The number of sulfone groups is 1. The summed E-state index contributed by atoms with van der Waals surface area (Å²) in [5.41, 5.74) is 1.16. The molecule has 1 amide bonds. The van der Waals surface area contributed by atoms with Crippen molar-refractivity contribution in [3.05, 3.63) is 64.4 Å². The Labute approximate surface area is 185 Å². The lowest BCUT2D eigenvalue weighted by atomic mass is 9.89. The van der Waals surface area contributed by atoms with Gasteiger partial charge in [0.05, 0.1) is 23.8 Å². The van der Waals surface area contributed by atoms with Crippen molar-refractivity contribution in [3.63, 3.8) is 0 Å². The molecule has 1 atom stereocenters. The number of anilines is 1. The smallest absolute Gasteiger partial charge is 0.225 e. The lowest BCUT2D eigenvalue weighted by Crippen LogP contribution is -2.24. The fraction of sp³-hybridized carbons (Fsp3) is 0.261. The van der Waals surface area contributed by atoms with E-state index in [-0.39, 0.29) is 34.1 Å². The molecule has 1 unspecified atom stereocenters. The first-order valence-corrected chi connectivity index (χ1v) is 12.2. The van der Waals surface area contributed by atoms with Crippen molar-refractivity contribution in [1.82, 2.24) is 0 Å². The highest BCUT2D eigenvalue weighted by molar-refractivity contribution is 7.91. The minimum Gasteiger partial charge on any atom is -0.493 e. The van der Waals surface area contributed by atoms with Gasteiger partial charge in [-0.05, 0) is 32.0 Å². The highest BCUT2D eigenvalue weighted by Gasteiger charge is 2.36. The van der Waals surface area contributed by atoms with Gasteiger partial charge in [-0.3, -0.25) is 4.79 Å². The molecule has 1 aliphatic heterocycles. The van der Waals surface area contributed by atoms with Gasteiger partial charge in [-0.15, -0.1) is 11.3 Å². The third kappa shape index (κ3) is 3.93. The van der Waals surface area contributed by atoms with E-state index in [2.05, 4.69) is 5.32 Å². The first kappa shape index (κ1) is 21.4. The number of carbonyl (C=O) groups is 1. The average Bonchev–Trinajstić information content (AvgIpc) is 3.18. The van der Waals surface area contributed by atoms with Crippen LogP contribution in [0.2, 0.25) is 0 Å². The van der Waals surface area contributed by atoms with Crippen molar-refractivity contribution in [1.29, 1.82) is 0 Å². The maximum atomic E-state index is 13.2. The summed E-state index contributed by atoms with van der Waals surface area (Å²) >= 11 is 1.33. The molecular weight excluding hydrogens is 434 g/mol. The zero-order valence-corrected chi connectivity index (χ0v) is 19.0. The molecule has 2 heterocycles. The second-order valence-electron chi connectivity index (χ2n) is 7.51. The van der Waals surface area contributed by atoms with E-state index in [4.69, 9.17) is 9.47 Å². The lowest BCUT2D eigenvalue weighted by molar-refractivity contribution is -0.116. The summed E-state index contributed by atoms with van der Waals surface area (Å²) in [6.07, 6.45) is 0.101. The van der Waals surface area contributed by atoms with E-state index in [9.17, 15) is 13.2 Å². The van der Waals surface area contributed by atoms with Crippen molar-refractivity contribution >= 4 is 32.8 Å². The molecule has 2 aromatic carbocycles. The number of ether oxygens (including phenoxy) is 2. The highest BCUT2D eigenvalue weighted by Crippen LogP contribution is 2.49. The van der Waals surface area contributed by atoms with Crippen molar-refractivity contribution < 1.29 is 22.7 Å². The van der Waals surface area contributed by atoms with Crippen LogP contribution in [0.15, 0.2) is 63.7 Å². The standard InChI is InChI=1S/C23H23NO5S2/c1-14(2)29-22-16(10-7-11-18(22)28-3)17-12-20(25)24-21-19(13-30-23(17)21)31(26,27)15-8-5-4-6-9-15/h4-11,13-14,17H,12H2,1-3H3,(H,24,25). The van der Waals surface area contributed by atoms with Crippen molar-refractivity contribution in [2.45, 2.75) is 42.1 Å². The summed E-state index contributed by atoms with van der Waals surface area (Å²) in [7, 11) is -2.20. The minimum atomic E-state index is -3.77. The maximum absolute atomic E-state index is 13.2. The van der Waals surface area contributed by atoms with Crippen LogP contribution < -0.4 is 14.8 Å². The quantitative estimate of drug-likeness (QED) is 0.572. The molecule has 0 fully saturated rings. The van der Waals surface area contributed by atoms with Crippen LogP contribution in [0.4, 0.5) is 5.69 Å². The minimum absolute atomic E-state index is 0.0932. The predicted octanol–water partition coefficient (Wildman–Crippen LogP) is 4.85. The second-order valence-corrected chi connectivity index (χ2v) is 10.3. The molecule has 3 aromatic rings. The van der Waals surface area contributed by atoms with Crippen LogP contribution in [-0.4, -0.2) is 27.5 Å². The molecule has 0 aliphatic carbocycles. The molecule has 4 rings (SSSR count). The number of carbonyl (C=O) groups excluding carboxylic acids is 1. The Morgan fingerprint density at radius 2 is 1.84 bits per heavy atom. The SMILES string of the molecule is COc1cccc(C2CC(=O)Nc3c(S(=O)(=O)c4ccccc4)csc32)c1OC(C)C. The Kier molecular flexibility index (Phi) is 5.77. The average molecular weight is 458 g/mol. The van der Waals surface area contributed by atoms with Gasteiger partial charge in [-0.1, -0.05) is 30.3 Å². The number of benzene rings is 2. The summed E-state index contributed by atoms with van der Waals surface area (Å²) in [6, 6.07) is 13.8. The van der Waals surface area contributed by atoms with Crippen LogP contribution in [0.25, 0.3) is 0 Å². The van der Waals surface area contributed by atoms with Crippen molar-refractivity contribution in [2.75, 3.05) is 12.4 Å². The first-order chi connectivity index (χ1) is 14.8. The summed E-state index contributed by atoms with van der Waals surface area (Å²) in [5, 5.41) is 4.40. The number of fused-ring (bicyclic) bond motifs is 1. The first-order valence-electron chi connectivity index (χ1n) is 9.87. The van der Waals surface area contributed by atoms with Gasteiger partial charge in [-0.25, -0.2) is 8.42 Å². The van der Waals surface area contributed by atoms with E-state index in [1.165, 1.54) is 11.3 Å². The predicted molar refractivity (Wildman–Crippen MR) is 120 cm³/mol. The van der Waals surface area contributed by atoms with Crippen LogP contribution >= 0.6 is 11.3 Å². The molecule has 0 saturated heterocycles. The summed E-state index contributed by atoms with van der Waals surface area (Å²) in [5.74, 6) is 0.579. The molecule has 1 N–H and O–H groups in total. The normalized spacial score (nSPS) is 16.0. The number of para-hydroxylation sites is 1.